The molecule has 3 aromatic rings. The molecule has 0 spiro atoms. The van der Waals surface area contributed by atoms with Crippen LogP contribution in [-0.4, -0.2) is 44.2 Å². The summed E-state index contributed by atoms with van der Waals surface area (Å²) in [6.45, 7) is 4.31. The molecule has 7 heteroatoms. The van der Waals surface area contributed by atoms with E-state index in [0.29, 0.717) is 6.54 Å². The molecule has 2 aromatic heterocycles. The lowest BCUT2D eigenvalue weighted by molar-refractivity contribution is 0.462. The fourth-order valence-electron chi connectivity index (χ4n) is 2.78. The van der Waals surface area contributed by atoms with Crippen molar-refractivity contribution in [2.75, 3.05) is 13.6 Å². The predicted molar refractivity (Wildman–Crippen MR) is 104 cm³/mol. The second-order valence-corrected chi connectivity index (χ2v) is 6.17. The number of aromatic amines is 1. The van der Waals surface area contributed by atoms with Crippen LogP contribution in [0.4, 0.5) is 0 Å². The third-order valence-corrected chi connectivity index (χ3v) is 4.17. The van der Waals surface area contributed by atoms with Crippen LogP contribution < -0.4 is 5.32 Å². The second-order valence-electron chi connectivity index (χ2n) is 6.17. The van der Waals surface area contributed by atoms with E-state index in [4.69, 9.17) is 4.99 Å². The lowest BCUT2D eigenvalue weighted by Crippen LogP contribution is -2.38. The molecule has 1 aromatic carbocycles. The Morgan fingerprint density at radius 2 is 2.19 bits per heavy atom. The fraction of sp³-hybridized carbons (Fsp3) is 0.316. The summed E-state index contributed by atoms with van der Waals surface area (Å²) < 4.78 is 2.13. The number of hydrogen-bond acceptors (Lipinski definition) is 3. The molecule has 0 radical (unpaired) electrons. The van der Waals surface area contributed by atoms with Gasteiger partial charge in [-0.3, -0.25) is 5.10 Å². The molecule has 136 valence electrons. The Morgan fingerprint density at radius 1 is 1.31 bits per heavy atom. The lowest BCUT2D eigenvalue weighted by atomic mass is 10.1. The quantitative estimate of drug-likeness (QED) is 0.528. The number of rotatable bonds is 6. The van der Waals surface area contributed by atoms with Gasteiger partial charge in [0.15, 0.2) is 11.8 Å². The van der Waals surface area contributed by atoms with Crippen LogP contribution in [-0.2, 0) is 20.1 Å². The highest BCUT2D eigenvalue weighted by atomic mass is 15.3. The average Bonchev–Trinajstić information content (AvgIpc) is 3.31. The van der Waals surface area contributed by atoms with Crippen LogP contribution >= 0.6 is 0 Å². The van der Waals surface area contributed by atoms with E-state index in [9.17, 15) is 0 Å². The summed E-state index contributed by atoms with van der Waals surface area (Å²) in [6.07, 6.45) is 3.57. The van der Waals surface area contributed by atoms with E-state index in [1.54, 1.807) is 0 Å². The van der Waals surface area contributed by atoms with Gasteiger partial charge in [0, 0.05) is 38.1 Å². The third kappa shape index (κ3) is 4.30. The second kappa shape index (κ2) is 8.33. The molecule has 0 saturated carbocycles. The average molecular weight is 351 g/mol. The molecule has 0 fully saturated rings. The molecule has 2 heterocycles. The van der Waals surface area contributed by atoms with Gasteiger partial charge >= 0.3 is 0 Å². The first-order valence-electron chi connectivity index (χ1n) is 8.71. The van der Waals surface area contributed by atoms with Gasteiger partial charge in [-0.05, 0) is 30.7 Å². The number of benzene rings is 1. The van der Waals surface area contributed by atoms with Gasteiger partial charge in [0.25, 0.3) is 0 Å². The Balaban J connectivity index is 1.73. The van der Waals surface area contributed by atoms with Gasteiger partial charge in [-0.2, -0.15) is 5.10 Å². The summed E-state index contributed by atoms with van der Waals surface area (Å²) in [5, 5.41) is 10.2. The van der Waals surface area contributed by atoms with Gasteiger partial charge in [0.05, 0.1) is 13.1 Å². The Bertz CT molecular complexity index is 848. The van der Waals surface area contributed by atoms with Gasteiger partial charge in [-0.15, -0.1) is 0 Å². The molecule has 7 nitrogen and oxygen atoms in total. The van der Waals surface area contributed by atoms with Crippen molar-refractivity contribution in [1.82, 2.24) is 30.0 Å². The van der Waals surface area contributed by atoms with Crippen LogP contribution in [0.1, 0.15) is 18.2 Å². The normalized spacial score (nSPS) is 11.6. The number of aromatic nitrogens is 4. The van der Waals surface area contributed by atoms with Gasteiger partial charge in [-0.25, -0.2) is 9.98 Å². The van der Waals surface area contributed by atoms with Crippen molar-refractivity contribution in [3.05, 3.63) is 60.2 Å². The third-order valence-electron chi connectivity index (χ3n) is 4.17. The maximum atomic E-state index is 4.79. The Kier molecular flexibility index (Phi) is 5.68. The molecule has 0 unspecified atom stereocenters. The fourth-order valence-corrected chi connectivity index (χ4v) is 2.78. The first kappa shape index (κ1) is 17.7. The molecule has 3 rings (SSSR count). The number of hydrogen-bond donors (Lipinski definition) is 2. The first-order valence-corrected chi connectivity index (χ1v) is 8.71. The van der Waals surface area contributed by atoms with E-state index in [0.717, 1.165) is 36.0 Å². The van der Waals surface area contributed by atoms with E-state index in [-0.39, 0.29) is 0 Å². The Morgan fingerprint density at radius 3 is 2.88 bits per heavy atom. The maximum Gasteiger partial charge on any atom is 0.194 e. The zero-order valence-corrected chi connectivity index (χ0v) is 15.5. The van der Waals surface area contributed by atoms with Crippen LogP contribution in [0.15, 0.2) is 53.9 Å². The highest BCUT2D eigenvalue weighted by molar-refractivity contribution is 5.79. The van der Waals surface area contributed by atoms with E-state index in [1.165, 1.54) is 12.0 Å². The molecule has 0 bridgehead atoms. The van der Waals surface area contributed by atoms with E-state index >= 15 is 0 Å². The van der Waals surface area contributed by atoms with Crippen LogP contribution in [0.5, 0.6) is 0 Å². The topological polar surface area (TPSA) is 74.1 Å². The minimum absolute atomic E-state index is 0.599. The summed E-state index contributed by atoms with van der Waals surface area (Å²) in [5.74, 6) is 1.65. The smallest absolute Gasteiger partial charge is 0.194 e. The largest absolute Gasteiger partial charge is 0.357 e. The number of nitrogens with zero attached hydrogens (tertiary/aromatic N) is 5. The summed E-state index contributed by atoms with van der Waals surface area (Å²) in [4.78, 5) is 11.1. The van der Waals surface area contributed by atoms with Crippen molar-refractivity contribution in [3.8, 4) is 11.4 Å². The van der Waals surface area contributed by atoms with Crippen molar-refractivity contribution >= 4 is 5.96 Å². The summed E-state index contributed by atoms with van der Waals surface area (Å²) in [5.41, 5.74) is 3.38. The lowest BCUT2D eigenvalue weighted by Gasteiger charge is -2.22. The number of aryl methyl sites for hydroxylation is 1. The highest BCUT2D eigenvalue weighted by Crippen LogP contribution is 2.16. The molecule has 0 aliphatic rings. The summed E-state index contributed by atoms with van der Waals surface area (Å²) in [6, 6.07) is 12.4. The zero-order valence-electron chi connectivity index (χ0n) is 15.5. The van der Waals surface area contributed by atoms with Crippen LogP contribution in [0.2, 0.25) is 0 Å². The monoisotopic (exact) mass is 351 g/mol. The molecule has 0 amide bonds. The molecule has 26 heavy (non-hydrogen) atoms. The molecule has 0 aliphatic heterocycles. The number of aliphatic imine (C=N–C) groups is 1. The Hall–Kier alpha value is -3.09. The number of guanidine groups is 1. The number of nitrogens with one attached hydrogen (secondary N) is 2. The van der Waals surface area contributed by atoms with Crippen molar-refractivity contribution < 1.29 is 0 Å². The predicted octanol–water partition coefficient (Wildman–Crippen LogP) is 2.41. The van der Waals surface area contributed by atoms with E-state index in [2.05, 4.69) is 81.4 Å². The molecular formula is C19H25N7. The van der Waals surface area contributed by atoms with E-state index < -0.39 is 0 Å². The van der Waals surface area contributed by atoms with Crippen LogP contribution in [0, 0.1) is 0 Å². The van der Waals surface area contributed by atoms with Crippen molar-refractivity contribution in [2.24, 2.45) is 12.0 Å². The summed E-state index contributed by atoms with van der Waals surface area (Å²) >= 11 is 0. The zero-order chi connectivity index (χ0) is 18.4. The van der Waals surface area contributed by atoms with Crippen molar-refractivity contribution in [3.63, 3.8) is 0 Å². The maximum absolute atomic E-state index is 4.79. The van der Waals surface area contributed by atoms with Gasteiger partial charge in [0.1, 0.15) is 6.33 Å². The molecule has 0 atom stereocenters. The van der Waals surface area contributed by atoms with Crippen molar-refractivity contribution in [1.29, 1.82) is 0 Å². The van der Waals surface area contributed by atoms with E-state index in [1.807, 2.05) is 12.1 Å². The highest BCUT2D eigenvalue weighted by Gasteiger charge is 2.08. The first-order chi connectivity index (χ1) is 12.7. The Labute approximate surface area is 153 Å². The van der Waals surface area contributed by atoms with Crippen LogP contribution in [0.3, 0.4) is 0 Å². The molecule has 0 saturated heterocycles. The molecule has 2 N–H and O–H groups in total. The number of H-pyrrole nitrogens is 1. The summed E-state index contributed by atoms with van der Waals surface area (Å²) in [7, 11) is 4.11. The van der Waals surface area contributed by atoms with Crippen LogP contribution in [0.25, 0.3) is 11.4 Å². The minimum Gasteiger partial charge on any atom is -0.357 e. The van der Waals surface area contributed by atoms with Gasteiger partial charge in [0.2, 0.25) is 0 Å². The van der Waals surface area contributed by atoms with Gasteiger partial charge < -0.3 is 14.8 Å². The molecule has 0 aliphatic carbocycles. The molecular weight excluding hydrogens is 326 g/mol. The van der Waals surface area contributed by atoms with Gasteiger partial charge in [-0.1, -0.05) is 18.2 Å². The minimum atomic E-state index is 0.599. The standard InChI is InChI=1S/C19H25N7/c1-4-20-19(26(3)13-17-9-6-10-25(17)2)21-12-15-7-5-8-16(11-15)18-22-14-23-24-18/h5-11,14H,4,12-13H2,1-3H3,(H,20,21)(H,22,23,24). The SMILES string of the molecule is CCNC(=NCc1cccc(-c2ncn[nH]2)c1)N(C)Cc1cccn1C. The van der Waals surface area contributed by atoms with Crippen molar-refractivity contribution in [2.45, 2.75) is 20.0 Å².